The van der Waals surface area contributed by atoms with Crippen molar-refractivity contribution >= 4 is 21.8 Å². The van der Waals surface area contributed by atoms with E-state index < -0.39 is 10.0 Å². The van der Waals surface area contributed by atoms with Crippen LogP contribution in [0, 0.1) is 5.92 Å². The zero-order chi connectivity index (χ0) is 19.6. The summed E-state index contributed by atoms with van der Waals surface area (Å²) in [5.41, 5.74) is 0.828. The molecule has 3 rings (SSSR count). The van der Waals surface area contributed by atoms with E-state index in [2.05, 4.69) is 5.32 Å². The van der Waals surface area contributed by atoms with Gasteiger partial charge < -0.3 is 10.2 Å². The fourth-order valence-corrected chi connectivity index (χ4v) is 5.11. The van der Waals surface area contributed by atoms with Crippen LogP contribution in [0.4, 0.5) is 0 Å². The number of sulfonamides is 1. The third-order valence-electron chi connectivity index (χ3n) is 5.25. The van der Waals surface area contributed by atoms with Crippen LogP contribution in [-0.4, -0.2) is 55.1 Å². The van der Waals surface area contributed by atoms with E-state index >= 15 is 0 Å². The molecule has 8 heteroatoms. The minimum atomic E-state index is -3.42. The Morgan fingerprint density at radius 3 is 2.37 bits per heavy atom. The Labute approximate surface area is 160 Å². The van der Waals surface area contributed by atoms with Gasteiger partial charge in [0.05, 0.1) is 10.8 Å². The monoisotopic (exact) mass is 393 g/mol. The number of carbonyl (C=O) groups is 2. The van der Waals surface area contributed by atoms with E-state index in [1.54, 1.807) is 29.2 Å². The molecule has 2 saturated heterocycles. The molecule has 0 aliphatic carbocycles. The first kappa shape index (κ1) is 19.8. The second-order valence-electron chi connectivity index (χ2n) is 7.51. The Hall–Kier alpha value is -1.93. The van der Waals surface area contributed by atoms with Gasteiger partial charge >= 0.3 is 0 Å². The highest BCUT2D eigenvalue weighted by atomic mass is 32.2. The molecule has 148 valence electrons. The van der Waals surface area contributed by atoms with Gasteiger partial charge in [-0.3, -0.25) is 9.59 Å². The molecule has 1 aromatic carbocycles. The van der Waals surface area contributed by atoms with E-state index in [9.17, 15) is 18.0 Å². The molecule has 1 atom stereocenters. The van der Waals surface area contributed by atoms with Gasteiger partial charge in [0.15, 0.2) is 0 Å². The van der Waals surface area contributed by atoms with Gasteiger partial charge in [-0.15, -0.1) is 0 Å². The van der Waals surface area contributed by atoms with Crippen LogP contribution in [0.3, 0.4) is 0 Å². The molecule has 2 heterocycles. The van der Waals surface area contributed by atoms with Crippen LogP contribution in [0.15, 0.2) is 29.2 Å². The van der Waals surface area contributed by atoms with Crippen LogP contribution in [0.5, 0.6) is 0 Å². The van der Waals surface area contributed by atoms with Gasteiger partial charge in [0.2, 0.25) is 21.8 Å². The number of nitrogens with one attached hydrogen (secondary N) is 1. The zero-order valence-electron chi connectivity index (χ0n) is 15.8. The molecule has 0 saturated carbocycles. The normalized spacial score (nSPS) is 21.2. The van der Waals surface area contributed by atoms with Crippen molar-refractivity contribution < 1.29 is 18.0 Å². The molecule has 0 radical (unpaired) electrons. The third kappa shape index (κ3) is 4.32. The Bertz CT molecular complexity index is 799. The highest BCUT2D eigenvalue weighted by Crippen LogP contribution is 2.22. The lowest BCUT2D eigenvalue weighted by Gasteiger charge is -2.20. The average Bonchev–Trinajstić information content (AvgIpc) is 3.30. The standard InChI is InChI=1S/C19H27N3O4S/c1-14(2)22-13-16(11-18(22)23)19(24)20-12-15-5-7-17(8-6-15)27(25,26)21-9-3-4-10-21/h5-8,14,16H,3-4,9-13H2,1-2H3,(H,20,24)/t16-/m0/s1. The number of benzene rings is 1. The highest BCUT2D eigenvalue weighted by molar-refractivity contribution is 7.89. The first-order valence-electron chi connectivity index (χ1n) is 9.45. The predicted molar refractivity (Wildman–Crippen MR) is 101 cm³/mol. The summed E-state index contributed by atoms with van der Waals surface area (Å²) >= 11 is 0. The molecule has 2 aliphatic heterocycles. The molecule has 1 aromatic rings. The van der Waals surface area contributed by atoms with E-state index in [-0.39, 0.29) is 35.1 Å². The summed E-state index contributed by atoms with van der Waals surface area (Å²) in [6, 6.07) is 6.73. The quantitative estimate of drug-likeness (QED) is 0.790. The number of likely N-dealkylation sites (tertiary alicyclic amines) is 1. The highest BCUT2D eigenvalue weighted by Gasteiger charge is 2.35. The van der Waals surface area contributed by atoms with E-state index in [0.717, 1.165) is 18.4 Å². The van der Waals surface area contributed by atoms with Crippen LogP contribution in [-0.2, 0) is 26.2 Å². The predicted octanol–water partition coefficient (Wildman–Crippen LogP) is 1.34. The van der Waals surface area contributed by atoms with E-state index in [1.807, 2.05) is 13.8 Å². The lowest BCUT2D eigenvalue weighted by atomic mass is 10.1. The van der Waals surface area contributed by atoms with E-state index in [1.165, 1.54) is 4.31 Å². The maximum absolute atomic E-state index is 12.5. The second kappa shape index (κ2) is 7.98. The molecule has 2 amide bonds. The van der Waals surface area contributed by atoms with E-state index in [4.69, 9.17) is 0 Å². The number of amides is 2. The lowest BCUT2D eigenvalue weighted by Crippen LogP contribution is -2.35. The van der Waals surface area contributed by atoms with Gasteiger partial charge in [0, 0.05) is 38.6 Å². The molecular weight excluding hydrogens is 366 g/mol. The minimum Gasteiger partial charge on any atom is -0.352 e. The molecule has 0 unspecified atom stereocenters. The van der Waals surface area contributed by atoms with Crippen molar-refractivity contribution in [3.05, 3.63) is 29.8 Å². The molecule has 0 aromatic heterocycles. The van der Waals surface area contributed by atoms with Gasteiger partial charge in [0.25, 0.3) is 0 Å². The Morgan fingerprint density at radius 2 is 1.81 bits per heavy atom. The third-order valence-corrected chi connectivity index (χ3v) is 7.16. The molecule has 2 fully saturated rings. The lowest BCUT2D eigenvalue weighted by molar-refractivity contribution is -0.130. The van der Waals surface area contributed by atoms with Gasteiger partial charge in [-0.1, -0.05) is 12.1 Å². The maximum Gasteiger partial charge on any atom is 0.243 e. The minimum absolute atomic E-state index is 0.0154. The van der Waals surface area contributed by atoms with Gasteiger partial charge in [-0.2, -0.15) is 4.31 Å². The summed E-state index contributed by atoms with van der Waals surface area (Å²) in [4.78, 5) is 26.3. The van der Waals surface area contributed by atoms with Gasteiger partial charge in [0.1, 0.15) is 0 Å². The molecule has 27 heavy (non-hydrogen) atoms. The second-order valence-corrected chi connectivity index (χ2v) is 9.45. The van der Waals surface area contributed by atoms with Crippen molar-refractivity contribution in [2.75, 3.05) is 19.6 Å². The summed E-state index contributed by atoms with van der Waals surface area (Å²) < 4.78 is 26.6. The summed E-state index contributed by atoms with van der Waals surface area (Å²) in [5, 5.41) is 2.86. The van der Waals surface area contributed by atoms with E-state index in [0.29, 0.717) is 26.2 Å². The van der Waals surface area contributed by atoms with Crippen molar-refractivity contribution in [3.8, 4) is 0 Å². The van der Waals surface area contributed by atoms with Crippen LogP contribution < -0.4 is 5.32 Å². The molecule has 7 nitrogen and oxygen atoms in total. The van der Waals surface area contributed by atoms with Crippen LogP contribution in [0.2, 0.25) is 0 Å². The van der Waals surface area contributed by atoms with Crippen LogP contribution >= 0.6 is 0 Å². The van der Waals surface area contributed by atoms with Crippen molar-refractivity contribution in [1.29, 1.82) is 0 Å². The maximum atomic E-state index is 12.5. The van der Waals surface area contributed by atoms with Crippen LogP contribution in [0.25, 0.3) is 0 Å². The molecule has 0 spiro atoms. The number of rotatable bonds is 6. The van der Waals surface area contributed by atoms with Gasteiger partial charge in [-0.25, -0.2) is 8.42 Å². The summed E-state index contributed by atoms with van der Waals surface area (Å²) in [5.74, 6) is -0.448. The largest absolute Gasteiger partial charge is 0.352 e. The van der Waals surface area contributed by atoms with Crippen molar-refractivity contribution in [3.63, 3.8) is 0 Å². The Morgan fingerprint density at radius 1 is 1.19 bits per heavy atom. The first-order valence-corrected chi connectivity index (χ1v) is 10.9. The topological polar surface area (TPSA) is 86.8 Å². The van der Waals surface area contributed by atoms with Crippen LogP contribution in [0.1, 0.15) is 38.7 Å². The average molecular weight is 394 g/mol. The molecule has 0 bridgehead atoms. The zero-order valence-corrected chi connectivity index (χ0v) is 16.7. The van der Waals surface area contributed by atoms with Crippen molar-refractivity contribution in [2.24, 2.45) is 5.92 Å². The fraction of sp³-hybridized carbons (Fsp3) is 0.579. The number of hydrogen-bond donors (Lipinski definition) is 1. The number of nitrogens with zero attached hydrogens (tertiary/aromatic N) is 2. The van der Waals surface area contributed by atoms with Crippen molar-refractivity contribution in [2.45, 2.75) is 50.6 Å². The Kier molecular flexibility index (Phi) is 5.86. The Balaban J connectivity index is 1.56. The summed E-state index contributed by atoms with van der Waals surface area (Å²) in [7, 11) is -3.42. The molecule has 2 aliphatic rings. The molecule has 1 N–H and O–H groups in total. The van der Waals surface area contributed by atoms with Crippen molar-refractivity contribution in [1.82, 2.24) is 14.5 Å². The molecular formula is C19H27N3O4S. The first-order chi connectivity index (χ1) is 12.8. The summed E-state index contributed by atoms with van der Waals surface area (Å²) in [6.45, 7) is 5.80. The SMILES string of the molecule is CC(C)N1C[C@@H](C(=O)NCc2ccc(S(=O)(=O)N3CCCC3)cc2)CC1=O. The number of carbonyl (C=O) groups excluding carboxylic acids is 2. The fourth-order valence-electron chi connectivity index (χ4n) is 3.60. The smallest absolute Gasteiger partial charge is 0.243 e. The van der Waals surface area contributed by atoms with Gasteiger partial charge in [-0.05, 0) is 44.4 Å². The number of hydrogen-bond acceptors (Lipinski definition) is 4. The summed E-state index contributed by atoms with van der Waals surface area (Å²) in [6.07, 6.45) is 2.06.